The Kier molecular flexibility index (Phi) is 6.91. The molecule has 29 heavy (non-hydrogen) atoms. The lowest BCUT2D eigenvalue weighted by molar-refractivity contribution is -0.108. The fourth-order valence-electron chi connectivity index (χ4n) is 2.64. The largest absolute Gasteiger partial charge is 0.282 e. The normalized spacial score (nSPS) is 10.4. The van der Waals surface area contributed by atoms with E-state index in [0.29, 0.717) is 5.57 Å². The lowest BCUT2D eigenvalue weighted by Gasteiger charge is -2.07. The molecule has 2 nitrogen and oxygen atoms in total. The highest BCUT2D eigenvalue weighted by atomic mass is 32.2. The van der Waals surface area contributed by atoms with Crippen molar-refractivity contribution in [2.75, 3.05) is 0 Å². The van der Waals surface area contributed by atoms with Crippen LogP contribution >= 0.6 is 23.5 Å². The Hall–Kier alpha value is -2.82. The molecule has 0 radical (unpaired) electrons. The van der Waals surface area contributed by atoms with Gasteiger partial charge in [-0.15, -0.1) is 0 Å². The van der Waals surface area contributed by atoms with Gasteiger partial charge in [0.1, 0.15) is 0 Å². The van der Waals surface area contributed by atoms with Gasteiger partial charge in [-0.25, -0.2) is 0 Å². The van der Waals surface area contributed by atoms with Crippen LogP contribution in [-0.4, -0.2) is 10.2 Å². The van der Waals surface area contributed by atoms with Crippen LogP contribution < -0.4 is 0 Å². The quantitative estimate of drug-likeness (QED) is 0.319. The molecular weight excluding hydrogens is 396 g/mol. The van der Waals surface area contributed by atoms with E-state index in [2.05, 4.69) is 37.4 Å². The molecule has 3 aromatic carbocycles. The standard InChI is InChI=1S/C25H20O2S2/c1-4-24(26)28-22-13-9-20(10-14-22)18-5-7-19(8-6-18)21-11-15-23(16-12-21)29-25(27)17(2)3/h4-16H,1-2H2,3H3. The molecule has 0 bridgehead atoms. The minimum Gasteiger partial charge on any atom is -0.282 e. The van der Waals surface area contributed by atoms with Crippen LogP contribution in [0.2, 0.25) is 0 Å². The fraction of sp³-hybridized carbons (Fsp3) is 0.0400. The summed E-state index contributed by atoms with van der Waals surface area (Å²) in [6.45, 7) is 8.89. The molecule has 0 saturated carbocycles. The van der Waals surface area contributed by atoms with E-state index < -0.39 is 0 Å². The van der Waals surface area contributed by atoms with Gasteiger partial charge in [-0.1, -0.05) is 61.7 Å². The maximum Gasteiger partial charge on any atom is 0.219 e. The van der Waals surface area contributed by atoms with E-state index in [4.69, 9.17) is 0 Å². The predicted molar refractivity (Wildman–Crippen MR) is 124 cm³/mol. The van der Waals surface area contributed by atoms with Gasteiger partial charge in [0.05, 0.1) is 0 Å². The lowest BCUT2D eigenvalue weighted by atomic mass is 10.0. The first-order chi connectivity index (χ1) is 14.0. The highest BCUT2D eigenvalue weighted by Gasteiger charge is 2.06. The zero-order chi connectivity index (χ0) is 20.8. The first-order valence-corrected chi connectivity index (χ1v) is 10.6. The molecule has 3 aromatic rings. The van der Waals surface area contributed by atoms with E-state index >= 15 is 0 Å². The van der Waals surface area contributed by atoms with Gasteiger partial charge < -0.3 is 0 Å². The maximum atomic E-state index is 11.8. The highest BCUT2D eigenvalue weighted by Crippen LogP contribution is 2.29. The summed E-state index contributed by atoms with van der Waals surface area (Å²) in [6, 6.07) is 24.2. The number of hydrogen-bond acceptors (Lipinski definition) is 4. The summed E-state index contributed by atoms with van der Waals surface area (Å²) in [7, 11) is 0. The summed E-state index contributed by atoms with van der Waals surface area (Å²) in [5, 5.41) is -0.0732. The zero-order valence-corrected chi connectivity index (χ0v) is 17.7. The third kappa shape index (κ3) is 5.59. The number of benzene rings is 3. The molecule has 0 fully saturated rings. The number of rotatable bonds is 6. The van der Waals surface area contributed by atoms with Gasteiger partial charge in [0.15, 0.2) is 0 Å². The van der Waals surface area contributed by atoms with Crippen molar-refractivity contribution in [3.63, 3.8) is 0 Å². The van der Waals surface area contributed by atoms with Crippen LogP contribution in [0.5, 0.6) is 0 Å². The number of hydrogen-bond donors (Lipinski definition) is 0. The molecule has 0 heterocycles. The van der Waals surface area contributed by atoms with Crippen molar-refractivity contribution in [3.05, 3.63) is 97.6 Å². The Morgan fingerprint density at radius 3 is 1.38 bits per heavy atom. The van der Waals surface area contributed by atoms with Crippen LogP contribution in [0.15, 0.2) is 107 Å². The van der Waals surface area contributed by atoms with Crippen LogP contribution in [0.1, 0.15) is 6.92 Å². The molecular formula is C25H20O2S2. The Bertz CT molecular complexity index is 1050. The minimum absolute atomic E-state index is 0.0135. The SMILES string of the molecule is C=CC(=O)Sc1ccc(-c2ccc(-c3ccc(SC(=O)C(=C)C)cc3)cc2)cc1. The van der Waals surface area contributed by atoms with Crippen molar-refractivity contribution < 1.29 is 9.59 Å². The van der Waals surface area contributed by atoms with E-state index in [1.165, 1.54) is 29.6 Å². The summed E-state index contributed by atoms with van der Waals surface area (Å²) in [5.41, 5.74) is 4.96. The number of carbonyl (C=O) groups is 2. The average Bonchev–Trinajstić information content (AvgIpc) is 2.75. The van der Waals surface area contributed by atoms with E-state index in [9.17, 15) is 9.59 Å². The van der Waals surface area contributed by atoms with Crippen LogP contribution in [0.25, 0.3) is 22.3 Å². The molecule has 0 saturated heterocycles. The van der Waals surface area contributed by atoms with Gasteiger partial charge in [-0.2, -0.15) is 0 Å². The van der Waals surface area contributed by atoms with Crippen molar-refractivity contribution in [2.24, 2.45) is 0 Å². The van der Waals surface area contributed by atoms with Gasteiger partial charge in [0.2, 0.25) is 10.2 Å². The van der Waals surface area contributed by atoms with Gasteiger partial charge in [-0.05, 0) is 88.6 Å². The van der Waals surface area contributed by atoms with Crippen LogP contribution in [0.4, 0.5) is 0 Å². The monoisotopic (exact) mass is 416 g/mol. The second kappa shape index (κ2) is 9.59. The average molecular weight is 417 g/mol. The highest BCUT2D eigenvalue weighted by molar-refractivity contribution is 8.14. The van der Waals surface area contributed by atoms with Gasteiger partial charge in [0, 0.05) is 9.79 Å². The summed E-state index contributed by atoms with van der Waals surface area (Å²) in [6.07, 6.45) is 1.32. The second-order valence-electron chi connectivity index (χ2n) is 6.42. The Balaban J connectivity index is 1.71. The Morgan fingerprint density at radius 1 is 0.690 bits per heavy atom. The molecule has 0 atom stereocenters. The minimum atomic E-state index is -0.0597. The predicted octanol–water partition coefficient (Wildman–Crippen LogP) is 7.02. The van der Waals surface area contributed by atoms with Crippen molar-refractivity contribution in [3.8, 4) is 22.3 Å². The van der Waals surface area contributed by atoms with Crippen LogP contribution in [0, 0.1) is 0 Å². The fourth-order valence-corrected chi connectivity index (χ4v) is 3.89. The van der Waals surface area contributed by atoms with Crippen molar-refractivity contribution in [1.29, 1.82) is 0 Å². The maximum absolute atomic E-state index is 11.8. The molecule has 0 aliphatic rings. The Labute approximate surface area is 179 Å². The van der Waals surface area contributed by atoms with Crippen molar-refractivity contribution in [1.82, 2.24) is 0 Å². The van der Waals surface area contributed by atoms with E-state index in [0.717, 1.165) is 32.0 Å². The number of thioether (sulfide) groups is 2. The van der Waals surface area contributed by atoms with Crippen LogP contribution in [0.3, 0.4) is 0 Å². The topological polar surface area (TPSA) is 34.1 Å². The summed E-state index contributed by atoms with van der Waals surface area (Å²) in [5.74, 6) is 0. The third-order valence-corrected chi connectivity index (χ3v) is 6.12. The van der Waals surface area contributed by atoms with Gasteiger partial charge >= 0.3 is 0 Å². The Morgan fingerprint density at radius 2 is 1.03 bits per heavy atom. The van der Waals surface area contributed by atoms with Gasteiger partial charge in [0.25, 0.3) is 0 Å². The summed E-state index contributed by atoms with van der Waals surface area (Å²) < 4.78 is 0. The number of carbonyl (C=O) groups excluding carboxylic acids is 2. The van der Waals surface area contributed by atoms with Crippen LogP contribution in [-0.2, 0) is 9.59 Å². The first kappa shape index (κ1) is 20.9. The summed E-state index contributed by atoms with van der Waals surface area (Å²) >= 11 is 2.36. The third-order valence-electron chi connectivity index (χ3n) is 4.20. The molecule has 3 rings (SSSR count). The van der Waals surface area contributed by atoms with Crippen molar-refractivity contribution in [2.45, 2.75) is 16.7 Å². The first-order valence-electron chi connectivity index (χ1n) is 8.99. The molecule has 4 heteroatoms. The molecule has 0 aliphatic carbocycles. The molecule has 0 N–H and O–H groups in total. The van der Waals surface area contributed by atoms with E-state index in [-0.39, 0.29) is 10.2 Å². The molecule has 0 amide bonds. The zero-order valence-electron chi connectivity index (χ0n) is 16.1. The van der Waals surface area contributed by atoms with Gasteiger partial charge in [-0.3, -0.25) is 9.59 Å². The lowest BCUT2D eigenvalue weighted by Crippen LogP contribution is -1.90. The summed E-state index contributed by atoms with van der Waals surface area (Å²) in [4.78, 5) is 25.0. The van der Waals surface area contributed by atoms with E-state index in [1.807, 2.05) is 48.5 Å². The van der Waals surface area contributed by atoms with Crippen molar-refractivity contribution >= 4 is 33.8 Å². The molecule has 0 spiro atoms. The molecule has 144 valence electrons. The smallest absolute Gasteiger partial charge is 0.219 e. The second-order valence-corrected chi connectivity index (χ2v) is 8.55. The van der Waals surface area contributed by atoms with E-state index in [1.54, 1.807) is 6.92 Å². The molecule has 0 aliphatic heterocycles. The molecule has 0 unspecified atom stereocenters. The molecule has 0 aromatic heterocycles.